The van der Waals surface area contributed by atoms with E-state index in [-0.39, 0.29) is 0 Å². The zero-order valence-corrected chi connectivity index (χ0v) is 8.34. The van der Waals surface area contributed by atoms with E-state index in [2.05, 4.69) is 25.5 Å². The summed E-state index contributed by atoms with van der Waals surface area (Å²) in [5.74, 6) is 3.34. The number of hydrogen-bond acceptors (Lipinski definition) is 1. The van der Waals surface area contributed by atoms with Crippen LogP contribution in [0.2, 0.25) is 0 Å². The molecular weight excluding hydrogens is 172 g/mol. The highest BCUT2D eigenvalue weighted by Crippen LogP contribution is 2.21. The van der Waals surface area contributed by atoms with Crippen LogP contribution in [0.15, 0.2) is 24.8 Å². The summed E-state index contributed by atoms with van der Waals surface area (Å²) in [6.45, 7) is 6.32. The Morgan fingerprint density at radius 1 is 1.50 bits per heavy atom. The van der Waals surface area contributed by atoms with Gasteiger partial charge < -0.3 is 4.74 Å². The van der Waals surface area contributed by atoms with Gasteiger partial charge in [-0.25, -0.2) is 0 Å². The van der Waals surface area contributed by atoms with E-state index in [4.69, 9.17) is 11.2 Å². The minimum absolute atomic E-state index is 0.676. The highest BCUT2D eigenvalue weighted by molar-refractivity contribution is 5.52. The summed E-state index contributed by atoms with van der Waals surface area (Å²) in [6, 6.07) is 5.63. The molecule has 0 aliphatic carbocycles. The van der Waals surface area contributed by atoms with Crippen molar-refractivity contribution in [2.75, 3.05) is 6.61 Å². The van der Waals surface area contributed by atoms with Gasteiger partial charge in [0, 0.05) is 5.56 Å². The second kappa shape index (κ2) is 5.14. The molecule has 1 aromatic carbocycles. The monoisotopic (exact) mass is 185 g/mol. The van der Waals surface area contributed by atoms with Crippen LogP contribution in [0, 0.1) is 18.4 Å². The zero-order chi connectivity index (χ0) is 10.4. The molecule has 1 heteroatoms. The van der Waals surface area contributed by atoms with Crippen LogP contribution >= 0.6 is 0 Å². The topological polar surface area (TPSA) is 9.23 Å². The van der Waals surface area contributed by atoms with Crippen molar-refractivity contribution in [3.8, 4) is 18.1 Å². The van der Waals surface area contributed by atoms with Gasteiger partial charge in [-0.05, 0) is 18.6 Å². The van der Waals surface area contributed by atoms with Crippen molar-refractivity contribution in [3.05, 3.63) is 42.0 Å². The largest absolute Gasteiger partial charge is 0.492 e. The van der Waals surface area contributed by atoms with Gasteiger partial charge in [-0.3, -0.25) is 0 Å². The second-order valence-electron chi connectivity index (χ2n) is 2.85. The molecule has 0 aliphatic heterocycles. The first-order chi connectivity index (χ1) is 6.83. The maximum atomic E-state index is 5.51. The molecule has 0 saturated heterocycles. The Morgan fingerprint density at radius 2 is 2.29 bits per heavy atom. The van der Waals surface area contributed by atoms with Gasteiger partial charge in [-0.15, -0.1) is 6.42 Å². The summed E-state index contributed by atoms with van der Waals surface area (Å²) in [4.78, 5) is 0. The van der Waals surface area contributed by atoms with Crippen LogP contribution in [0.5, 0.6) is 5.75 Å². The summed E-state index contributed by atoms with van der Waals surface area (Å²) >= 11 is 0. The molecule has 0 heterocycles. The van der Waals surface area contributed by atoms with Crippen LogP contribution in [0.4, 0.5) is 0 Å². The normalized spacial score (nSPS) is 9.14. The van der Waals surface area contributed by atoms with Gasteiger partial charge in [-0.2, -0.15) is 0 Å². The molecule has 0 fully saturated rings. The molecule has 0 aliphatic rings. The van der Waals surface area contributed by atoms with Crippen LogP contribution in [-0.4, -0.2) is 6.61 Å². The van der Waals surface area contributed by atoms with Gasteiger partial charge in [0.25, 0.3) is 0 Å². The average Bonchev–Trinajstić information content (AvgIpc) is 2.25. The minimum atomic E-state index is 0.676. The molecule has 0 spiro atoms. The Bertz CT molecular complexity index is 358. The third kappa shape index (κ3) is 2.17. The van der Waals surface area contributed by atoms with Gasteiger partial charge in [0.05, 0.1) is 12.2 Å². The lowest BCUT2D eigenvalue weighted by molar-refractivity contribution is 0.316. The number of ether oxygens (including phenoxy) is 1. The molecule has 0 bridgehead atoms. The van der Waals surface area contributed by atoms with E-state index in [1.165, 1.54) is 0 Å². The molecule has 1 aromatic rings. The average molecular weight is 185 g/mol. The van der Waals surface area contributed by atoms with Crippen LogP contribution in [0.3, 0.4) is 0 Å². The summed E-state index contributed by atoms with van der Waals surface area (Å²) in [5.41, 5.74) is 1.55. The van der Waals surface area contributed by atoms with Gasteiger partial charge in [0.1, 0.15) is 5.75 Å². The van der Waals surface area contributed by atoms with E-state index in [0.717, 1.165) is 23.3 Å². The standard InChI is InChI=1S/C13H13O/c1-4-10-14-13-9-7-8-11(5-2)12(13)6-3/h3,7-9H,2,4,10H2,1H3. The van der Waals surface area contributed by atoms with Crippen molar-refractivity contribution < 1.29 is 4.74 Å². The maximum Gasteiger partial charge on any atom is 0.135 e. The predicted octanol–water partition coefficient (Wildman–Crippen LogP) is 2.79. The fourth-order valence-corrected chi connectivity index (χ4v) is 1.16. The lowest BCUT2D eigenvalue weighted by atomic mass is 10.1. The molecule has 71 valence electrons. The number of rotatable bonds is 4. The van der Waals surface area contributed by atoms with Crippen LogP contribution in [0.1, 0.15) is 24.5 Å². The van der Waals surface area contributed by atoms with Crippen molar-refractivity contribution in [2.24, 2.45) is 0 Å². The summed E-state index contributed by atoms with van der Waals surface area (Å²) in [6.07, 6.45) is 9.16. The quantitative estimate of drug-likeness (QED) is 0.655. The van der Waals surface area contributed by atoms with E-state index in [9.17, 15) is 0 Å². The van der Waals surface area contributed by atoms with Crippen LogP contribution < -0.4 is 4.74 Å². The molecule has 0 saturated carbocycles. The zero-order valence-electron chi connectivity index (χ0n) is 8.34. The highest BCUT2D eigenvalue weighted by atomic mass is 16.5. The predicted molar refractivity (Wildman–Crippen MR) is 58.1 cm³/mol. The molecule has 0 aromatic heterocycles. The number of benzene rings is 1. The smallest absolute Gasteiger partial charge is 0.135 e. The third-order valence-electron chi connectivity index (χ3n) is 1.82. The molecule has 0 unspecified atom stereocenters. The molecule has 0 amide bonds. The fraction of sp³-hybridized carbons (Fsp3) is 0.231. The van der Waals surface area contributed by atoms with Crippen molar-refractivity contribution in [3.63, 3.8) is 0 Å². The molecular formula is C13H13O. The summed E-state index contributed by atoms with van der Waals surface area (Å²) < 4.78 is 5.51. The summed E-state index contributed by atoms with van der Waals surface area (Å²) in [5, 5.41) is 0. The Labute approximate surface area is 85.4 Å². The Balaban J connectivity index is 3.04. The van der Waals surface area contributed by atoms with Crippen LogP contribution in [-0.2, 0) is 0 Å². The van der Waals surface area contributed by atoms with Gasteiger partial charge in [-0.1, -0.05) is 31.6 Å². The Morgan fingerprint density at radius 3 is 2.86 bits per heavy atom. The first-order valence-electron chi connectivity index (χ1n) is 4.59. The summed E-state index contributed by atoms with van der Waals surface area (Å²) in [7, 11) is 0. The number of terminal acetylenes is 1. The van der Waals surface area contributed by atoms with Crippen LogP contribution in [0.25, 0.3) is 0 Å². The van der Waals surface area contributed by atoms with E-state index in [1.807, 2.05) is 18.2 Å². The first-order valence-corrected chi connectivity index (χ1v) is 4.59. The molecule has 1 radical (unpaired) electrons. The third-order valence-corrected chi connectivity index (χ3v) is 1.82. The molecule has 1 rings (SSSR count). The second-order valence-corrected chi connectivity index (χ2v) is 2.85. The van der Waals surface area contributed by atoms with Gasteiger partial charge in [0.15, 0.2) is 0 Å². The molecule has 14 heavy (non-hydrogen) atoms. The molecule has 0 atom stereocenters. The lowest BCUT2D eigenvalue weighted by Crippen LogP contribution is -1.98. The van der Waals surface area contributed by atoms with E-state index in [1.54, 1.807) is 0 Å². The van der Waals surface area contributed by atoms with E-state index in [0.29, 0.717) is 6.61 Å². The fourth-order valence-electron chi connectivity index (χ4n) is 1.16. The molecule has 0 N–H and O–H groups in total. The first kappa shape index (κ1) is 10.4. The Hall–Kier alpha value is -1.68. The maximum absolute atomic E-state index is 5.51. The lowest BCUT2D eigenvalue weighted by Gasteiger charge is -2.08. The minimum Gasteiger partial charge on any atom is -0.492 e. The van der Waals surface area contributed by atoms with E-state index < -0.39 is 0 Å². The molecule has 1 nitrogen and oxygen atoms in total. The van der Waals surface area contributed by atoms with Crippen molar-refractivity contribution in [2.45, 2.75) is 13.3 Å². The van der Waals surface area contributed by atoms with Gasteiger partial charge >= 0.3 is 0 Å². The van der Waals surface area contributed by atoms with Gasteiger partial charge in [0.2, 0.25) is 0 Å². The SMILES string of the molecule is C#Cc1c([C]=C)cccc1OCCC. The highest BCUT2D eigenvalue weighted by Gasteiger charge is 2.04. The van der Waals surface area contributed by atoms with Crippen molar-refractivity contribution in [1.82, 2.24) is 0 Å². The Kier molecular flexibility index (Phi) is 3.82. The van der Waals surface area contributed by atoms with Crippen molar-refractivity contribution in [1.29, 1.82) is 0 Å². The van der Waals surface area contributed by atoms with Crippen molar-refractivity contribution >= 4 is 0 Å². The van der Waals surface area contributed by atoms with E-state index >= 15 is 0 Å². The number of hydrogen-bond donors (Lipinski definition) is 0.